The molecule has 0 aliphatic carbocycles. The summed E-state index contributed by atoms with van der Waals surface area (Å²) in [5.41, 5.74) is 10.1. The normalized spacial score (nSPS) is 15.4. The zero-order chi connectivity index (χ0) is 18.5. The number of H-pyrrole nitrogens is 1. The Hall–Kier alpha value is -2.60. The minimum absolute atomic E-state index is 0.556. The second kappa shape index (κ2) is 8.39. The predicted octanol–water partition coefficient (Wildman–Crippen LogP) is 3.49. The van der Waals surface area contributed by atoms with Crippen LogP contribution in [0.5, 0.6) is 0 Å². The fourth-order valence-corrected chi connectivity index (χ4v) is 3.80. The summed E-state index contributed by atoms with van der Waals surface area (Å²) in [6, 6.07) is 12.9. The van der Waals surface area contributed by atoms with Gasteiger partial charge in [-0.05, 0) is 50.4 Å². The van der Waals surface area contributed by atoms with Gasteiger partial charge in [-0.15, -0.1) is 0 Å². The molecular formula is C21H28N6. The fraction of sp³-hybridized carbons (Fsp3) is 0.429. The van der Waals surface area contributed by atoms with E-state index in [1.807, 2.05) is 6.20 Å². The van der Waals surface area contributed by atoms with Crippen molar-refractivity contribution in [1.29, 1.82) is 0 Å². The Bertz CT molecular complexity index is 851. The Morgan fingerprint density at radius 2 is 1.96 bits per heavy atom. The van der Waals surface area contributed by atoms with Crippen molar-refractivity contribution in [3.63, 3.8) is 0 Å². The van der Waals surface area contributed by atoms with E-state index in [-0.39, 0.29) is 0 Å². The van der Waals surface area contributed by atoms with E-state index < -0.39 is 0 Å². The molecule has 4 rings (SSSR count). The molecule has 4 N–H and O–H groups in total. The predicted molar refractivity (Wildman–Crippen MR) is 111 cm³/mol. The number of benzene rings is 1. The molecule has 0 amide bonds. The molecule has 1 aliphatic rings. The van der Waals surface area contributed by atoms with Crippen LogP contribution in [0.4, 0.5) is 11.6 Å². The third-order valence-electron chi connectivity index (χ3n) is 5.36. The van der Waals surface area contributed by atoms with Crippen molar-refractivity contribution in [2.24, 2.45) is 5.73 Å². The van der Waals surface area contributed by atoms with Gasteiger partial charge >= 0.3 is 0 Å². The summed E-state index contributed by atoms with van der Waals surface area (Å²) >= 11 is 0. The number of rotatable bonds is 7. The van der Waals surface area contributed by atoms with Gasteiger partial charge in [-0.25, -0.2) is 9.97 Å². The van der Waals surface area contributed by atoms with Gasteiger partial charge in [0.15, 0.2) is 0 Å². The second-order valence-corrected chi connectivity index (χ2v) is 7.24. The summed E-state index contributed by atoms with van der Waals surface area (Å²) in [7, 11) is 0. The van der Waals surface area contributed by atoms with Crippen LogP contribution in [0.2, 0.25) is 0 Å². The van der Waals surface area contributed by atoms with Gasteiger partial charge in [-0.3, -0.25) is 0 Å². The van der Waals surface area contributed by atoms with Crippen LogP contribution >= 0.6 is 0 Å². The molecule has 6 heteroatoms. The number of fused-ring (bicyclic) bond motifs is 1. The molecule has 6 nitrogen and oxygen atoms in total. The molecule has 1 saturated heterocycles. The van der Waals surface area contributed by atoms with Gasteiger partial charge in [-0.1, -0.05) is 18.2 Å². The number of para-hydroxylation sites is 1. The first-order valence-corrected chi connectivity index (χ1v) is 9.93. The molecule has 3 aromatic rings. The number of unbranched alkanes of at least 4 members (excludes halogenated alkanes) is 1. The molecule has 1 aliphatic heterocycles. The van der Waals surface area contributed by atoms with E-state index in [1.54, 1.807) is 0 Å². The van der Waals surface area contributed by atoms with E-state index in [0.717, 1.165) is 62.9 Å². The maximum Gasteiger partial charge on any atom is 0.223 e. The number of nitrogens with one attached hydrogen (secondary N) is 2. The van der Waals surface area contributed by atoms with Crippen LogP contribution in [0.1, 0.15) is 37.3 Å². The van der Waals surface area contributed by atoms with E-state index in [0.29, 0.717) is 11.9 Å². The highest BCUT2D eigenvalue weighted by Gasteiger charge is 2.22. The summed E-state index contributed by atoms with van der Waals surface area (Å²) < 4.78 is 0. The SMILES string of the molecule is NCCCCNc1ncc2[nH]c(C3CCN(c4ccccc4)CC3)cc2n1. The van der Waals surface area contributed by atoms with Crippen LogP contribution in [-0.4, -0.2) is 41.1 Å². The average Bonchev–Trinajstić information content (AvgIpc) is 3.15. The Labute approximate surface area is 160 Å². The summed E-state index contributed by atoms with van der Waals surface area (Å²) in [6.07, 6.45) is 6.25. The van der Waals surface area contributed by atoms with E-state index in [9.17, 15) is 0 Å². The van der Waals surface area contributed by atoms with Crippen LogP contribution in [0, 0.1) is 0 Å². The highest BCUT2D eigenvalue weighted by molar-refractivity contribution is 5.76. The lowest BCUT2D eigenvalue weighted by Gasteiger charge is -2.33. The van der Waals surface area contributed by atoms with Crippen molar-refractivity contribution in [2.45, 2.75) is 31.6 Å². The molecule has 1 aromatic carbocycles. The van der Waals surface area contributed by atoms with Crippen LogP contribution < -0.4 is 16.0 Å². The molecule has 142 valence electrons. The zero-order valence-corrected chi connectivity index (χ0v) is 15.7. The van der Waals surface area contributed by atoms with Gasteiger partial charge < -0.3 is 20.9 Å². The maximum absolute atomic E-state index is 5.53. The molecule has 0 spiro atoms. The van der Waals surface area contributed by atoms with Gasteiger partial charge in [0, 0.05) is 36.9 Å². The van der Waals surface area contributed by atoms with Crippen LogP contribution in [0.15, 0.2) is 42.6 Å². The number of anilines is 2. The highest BCUT2D eigenvalue weighted by atomic mass is 15.1. The third-order valence-corrected chi connectivity index (χ3v) is 5.36. The summed E-state index contributed by atoms with van der Waals surface area (Å²) in [6.45, 7) is 3.76. The minimum atomic E-state index is 0.556. The molecule has 0 radical (unpaired) electrons. The number of hydrogen-bond donors (Lipinski definition) is 3. The smallest absolute Gasteiger partial charge is 0.223 e. The monoisotopic (exact) mass is 364 g/mol. The van der Waals surface area contributed by atoms with E-state index in [2.05, 4.69) is 61.6 Å². The number of hydrogen-bond acceptors (Lipinski definition) is 5. The molecule has 27 heavy (non-hydrogen) atoms. The molecular weight excluding hydrogens is 336 g/mol. The van der Waals surface area contributed by atoms with Crippen molar-refractivity contribution in [3.8, 4) is 0 Å². The van der Waals surface area contributed by atoms with Crippen LogP contribution in [-0.2, 0) is 0 Å². The third kappa shape index (κ3) is 4.22. The Balaban J connectivity index is 1.39. The van der Waals surface area contributed by atoms with E-state index in [4.69, 9.17) is 5.73 Å². The van der Waals surface area contributed by atoms with Crippen molar-refractivity contribution in [1.82, 2.24) is 15.0 Å². The first kappa shape index (κ1) is 17.8. The van der Waals surface area contributed by atoms with Gasteiger partial charge in [-0.2, -0.15) is 0 Å². The Morgan fingerprint density at radius 3 is 2.74 bits per heavy atom. The second-order valence-electron chi connectivity index (χ2n) is 7.24. The molecule has 0 atom stereocenters. The highest BCUT2D eigenvalue weighted by Crippen LogP contribution is 2.31. The topological polar surface area (TPSA) is 82.9 Å². The standard InChI is InChI=1S/C21H28N6/c22-10-4-5-11-23-21-24-15-20-19(26-21)14-18(25-20)16-8-12-27(13-9-16)17-6-2-1-3-7-17/h1-3,6-7,14-16,25H,4-5,8-13,22H2,(H,23,24,26). The largest absolute Gasteiger partial charge is 0.371 e. The fourth-order valence-electron chi connectivity index (χ4n) is 3.80. The summed E-state index contributed by atoms with van der Waals surface area (Å²) in [5.74, 6) is 1.25. The van der Waals surface area contributed by atoms with Gasteiger partial charge in [0.2, 0.25) is 5.95 Å². The molecule has 3 heterocycles. The first-order valence-electron chi connectivity index (χ1n) is 9.93. The van der Waals surface area contributed by atoms with E-state index >= 15 is 0 Å². The summed E-state index contributed by atoms with van der Waals surface area (Å²) in [4.78, 5) is 15.1. The molecule has 1 fully saturated rings. The number of aromatic amines is 1. The lowest BCUT2D eigenvalue weighted by molar-refractivity contribution is 0.498. The van der Waals surface area contributed by atoms with Gasteiger partial charge in [0.25, 0.3) is 0 Å². The Kier molecular flexibility index (Phi) is 5.53. The number of piperidine rings is 1. The van der Waals surface area contributed by atoms with Crippen molar-refractivity contribution in [2.75, 3.05) is 36.4 Å². The van der Waals surface area contributed by atoms with E-state index in [1.165, 1.54) is 11.4 Å². The van der Waals surface area contributed by atoms with Gasteiger partial charge in [0.1, 0.15) is 0 Å². The number of aromatic nitrogens is 3. The van der Waals surface area contributed by atoms with Crippen LogP contribution in [0.3, 0.4) is 0 Å². The van der Waals surface area contributed by atoms with Gasteiger partial charge in [0.05, 0.1) is 17.2 Å². The Morgan fingerprint density at radius 1 is 1.15 bits per heavy atom. The molecule has 0 bridgehead atoms. The van der Waals surface area contributed by atoms with Crippen LogP contribution in [0.25, 0.3) is 11.0 Å². The molecule has 0 unspecified atom stereocenters. The lowest BCUT2D eigenvalue weighted by atomic mass is 9.93. The van der Waals surface area contributed by atoms with Crippen molar-refractivity contribution < 1.29 is 0 Å². The van der Waals surface area contributed by atoms with Crippen molar-refractivity contribution in [3.05, 3.63) is 48.3 Å². The zero-order valence-electron chi connectivity index (χ0n) is 15.7. The summed E-state index contributed by atoms with van der Waals surface area (Å²) in [5, 5.41) is 3.29. The maximum atomic E-state index is 5.53. The number of nitrogens with zero attached hydrogens (tertiary/aromatic N) is 3. The minimum Gasteiger partial charge on any atom is -0.371 e. The number of nitrogens with two attached hydrogens (primary N) is 1. The first-order chi connectivity index (χ1) is 13.3. The average molecular weight is 364 g/mol. The quantitative estimate of drug-likeness (QED) is 0.559. The lowest BCUT2D eigenvalue weighted by Crippen LogP contribution is -2.32. The van der Waals surface area contributed by atoms with Crippen molar-refractivity contribution >= 4 is 22.7 Å². The molecule has 0 saturated carbocycles. The molecule has 2 aromatic heterocycles.